The lowest BCUT2D eigenvalue weighted by atomic mass is 9.98. The van der Waals surface area contributed by atoms with Gasteiger partial charge in [0.25, 0.3) is 5.91 Å². The van der Waals surface area contributed by atoms with Gasteiger partial charge in [0.15, 0.2) is 0 Å². The number of hydrogen-bond donors (Lipinski definition) is 1. The van der Waals surface area contributed by atoms with Gasteiger partial charge >= 0.3 is 12.1 Å². The lowest BCUT2D eigenvalue weighted by Crippen LogP contribution is -2.36. The minimum absolute atomic E-state index is 0.0117. The number of hydrogen-bond acceptors (Lipinski definition) is 6. The van der Waals surface area contributed by atoms with Crippen LogP contribution in [0.4, 0.5) is 13.2 Å². The highest BCUT2D eigenvalue weighted by Crippen LogP contribution is 2.36. The summed E-state index contributed by atoms with van der Waals surface area (Å²) in [6, 6.07) is 5.61. The average Bonchev–Trinajstić information content (AvgIpc) is 3.43. The van der Waals surface area contributed by atoms with E-state index in [0.29, 0.717) is 31.1 Å². The number of pyridine rings is 1. The van der Waals surface area contributed by atoms with Gasteiger partial charge in [-0.15, -0.1) is 0 Å². The molecule has 168 valence electrons. The highest BCUT2D eigenvalue weighted by Gasteiger charge is 2.47. The Morgan fingerprint density at radius 3 is 2.68 bits per heavy atom. The van der Waals surface area contributed by atoms with Crippen LogP contribution in [0.2, 0.25) is 0 Å². The van der Waals surface area contributed by atoms with Gasteiger partial charge in [-0.05, 0) is 12.5 Å². The van der Waals surface area contributed by atoms with E-state index in [9.17, 15) is 18.0 Å². The Hall–Kier alpha value is -3.15. The summed E-state index contributed by atoms with van der Waals surface area (Å²) in [6.07, 6.45) is 1.58. The van der Waals surface area contributed by atoms with Gasteiger partial charge in [-0.2, -0.15) is 18.3 Å². The maximum Gasteiger partial charge on any atom is 0.490 e. The molecule has 0 radical (unpaired) electrons. The van der Waals surface area contributed by atoms with Gasteiger partial charge < -0.3 is 19.5 Å². The average molecular weight is 442 g/mol. The highest BCUT2D eigenvalue weighted by molar-refractivity contribution is 5.94. The molecule has 2 atom stereocenters. The SMILES string of the molecule is Cn1cc(C(=O)N2CC[C@]3(C[C@H](Oc4ccccn4)CO3)C2)cn1.O=C(O)C(F)(F)F. The monoisotopic (exact) mass is 442 g/mol. The van der Waals surface area contributed by atoms with Crippen molar-refractivity contribution in [3.8, 4) is 5.88 Å². The number of rotatable bonds is 3. The predicted molar refractivity (Wildman–Crippen MR) is 99.4 cm³/mol. The Morgan fingerprint density at radius 1 is 1.35 bits per heavy atom. The minimum Gasteiger partial charge on any atom is -0.475 e. The van der Waals surface area contributed by atoms with Crippen molar-refractivity contribution in [2.75, 3.05) is 19.7 Å². The van der Waals surface area contributed by atoms with Crippen LogP contribution in [0.3, 0.4) is 0 Å². The Labute approximate surface area is 175 Å². The van der Waals surface area contributed by atoms with Crippen molar-refractivity contribution in [2.45, 2.75) is 30.7 Å². The predicted octanol–water partition coefficient (Wildman–Crippen LogP) is 1.90. The summed E-state index contributed by atoms with van der Waals surface area (Å²) in [4.78, 5) is 27.5. The van der Waals surface area contributed by atoms with E-state index in [2.05, 4.69) is 10.1 Å². The summed E-state index contributed by atoms with van der Waals surface area (Å²) in [6.45, 7) is 1.83. The zero-order valence-electron chi connectivity index (χ0n) is 16.6. The number of ether oxygens (including phenoxy) is 2. The van der Waals surface area contributed by atoms with E-state index in [0.717, 1.165) is 12.8 Å². The first kappa shape index (κ1) is 22.5. The van der Waals surface area contributed by atoms with Crippen LogP contribution < -0.4 is 4.74 Å². The molecule has 1 amide bonds. The van der Waals surface area contributed by atoms with Crippen LogP contribution >= 0.6 is 0 Å². The van der Waals surface area contributed by atoms with Gasteiger partial charge in [0, 0.05) is 38.5 Å². The molecule has 4 rings (SSSR count). The number of nitrogens with zero attached hydrogens (tertiary/aromatic N) is 4. The van der Waals surface area contributed by atoms with Crippen molar-refractivity contribution >= 4 is 11.9 Å². The minimum atomic E-state index is -5.08. The van der Waals surface area contributed by atoms with Crippen molar-refractivity contribution < 1.29 is 37.3 Å². The number of aryl methyl sites for hydroxylation is 1. The Balaban J connectivity index is 0.000000339. The van der Waals surface area contributed by atoms with Gasteiger partial charge in [0.05, 0.1) is 30.5 Å². The van der Waals surface area contributed by atoms with Gasteiger partial charge in [0.1, 0.15) is 6.10 Å². The van der Waals surface area contributed by atoms with Crippen LogP contribution in [-0.2, 0) is 16.6 Å². The third kappa shape index (κ3) is 5.72. The van der Waals surface area contributed by atoms with Crippen LogP contribution in [0, 0.1) is 0 Å². The van der Waals surface area contributed by atoms with E-state index in [-0.39, 0.29) is 17.6 Å². The van der Waals surface area contributed by atoms with E-state index in [4.69, 9.17) is 19.4 Å². The molecule has 0 unspecified atom stereocenters. The summed E-state index contributed by atoms with van der Waals surface area (Å²) in [5, 5.41) is 11.2. The second kappa shape index (κ2) is 8.92. The second-order valence-electron chi connectivity index (χ2n) is 7.29. The van der Waals surface area contributed by atoms with E-state index >= 15 is 0 Å². The van der Waals surface area contributed by atoms with Crippen LogP contribution in [-0.4, -0.2) is 74.2 Å². The first-order chi connectivity index (χ1) is 14.6. The second-order valence-corrected chi connectivity index (χ2v) is 7.29. The van der Waals surface area contributed by atoms with E-state index < -0.39 is 12.1 Å². The fourth-order valence-corrected chi connectivity index (χ4v) is 3.48. The van der Waals surface area contributed by atoms with Gasteiger partial charge in [-0.1, -0.05) is 6.07 Å². The zero-order valence-corrected chi connectivity index (χ0v) is 16.6. The van der Waals surface area contributed by atoms with Crippen LogP contribution in [0.1, 0.15) is 23.2 Å². The van der Waals surface area contributed by atoms with Crippen LogP contribution in [0.25, 0.3) is 0 Å². The quantitative estimate of drug-likeness (QED) is 0.774. The summed E-state index contributed by atoms with van der Waals surface area (Å²) in [7, 11) is 1.81. The fraction of sp³-hybridized carbons (Fsp3) is 0.474. The number of carboxylic acids is 1. The number of alkyl halides is 3. The molecule has 31 heavy (non-hydrogen) atoms. The molecule has 2 fully saturated rings. The normalized spacial score (nSPS) is 22.8. The molecule has 2 saturated heterocycles. The van der Waals surface area contributed by atoms with Crippen molar-refractivity contribution in [1.82, 2.24) is 19.7 Å². The number of carbonyl (C=O) groups is 2. The summed E-state index contributed by atoms with van der Waals surface area (Å²) in [5.41, 5.74) is 0.325. The number of likely N-dealkylation sites (tertiary alicyclic amines) is 1. The molecule has 2 aliphatic rings. The fourth-order valence-electron chi connectivity index (χ4n) is 3.48. The Morgan fingerprint density at radius 2 is 2.10 bits per heavy atom. The molecule has 0 saturated carbocycles. The van der Waals surface area contributed by atoms with E-state index in [1.165, 1.54) is 0 Å². The third-order valence-corrected chi connectivity index (χ3v) is 4.90. The molecule has 2 aromatic rings. The molecule has 1 N–H and O–H groups in total. The number of carbonyl (C=O) groups excluding carboxylic acids is 1. The van der Waals surface area contributed by atoms with Crippen molar-refractivity contribution in [3.05, 3.63) is 42.4 Å². The number of aliphatic carboxylic acids is 1. The Kier molecular flexibility index (Phi) is 6.48. The van der Waals surface area contributed by atoms with Crippen molar-refractivity contribution in [2.24, 2.45) is 7.05 Å². The van der Waals surface area contributed by atoms with Crippen molar-refractivity contribution in [3.63, 3.8) is 0 Å². The van der Waals surface area contributed by atoms with Gasteiger partial charge in [0.2, 0.25) is 5.88 Å². The van der Waals surface area contributed by atoms with Gasteiger partial charge in [-0.3, -0.25) is 9.48 Å². The largest absolute Gasteiger partial charge is 0.490 e. The summed E-state index contributed by atoms with van der Waals surface area (Å²) in [5.74, 6) is -2.13. The number of amides is 1. The van der Waals surface area contributed by atoms with Gasteiger partial charge in [-0.25, -0.2) is 9.78 Å². The molecular formula is C19H21F3N4O5. The molecule has 4 heterocycles. The molecule has 0 aliphatic carbocycles. The first-order valence-corrected chi connectivity index (χ1v) is 9.38. The third-order valence-electron chi connectivity index (χ3n) is 4.90. The standard InChI is InChI=1S/C17H20N4O3.C2HF3O2/c1-20-10-13(9-19-20)16(22)21-7-5-17(12-21)8-14(11-23-17)24-15-4-2-3-6-18-15;3-2(4,5)1(6)7/h2-4,6,9-10,14H,5,7-8,11-12H2,1H3;(H,6,7)/t14-,17-;/m0./s1. The number of carboxylic acid groups (broad SMARTS) is 1. The molecular weight excluding hydrogens is 421 g/mol. The molecule has 2 aliphatic heterocycles. The van der Waals surface area contributed by atoms with E-state index in [1.54, 1.807) is 23.3 Å². The van der Waals surface area contributed by atoms with Crippen LogP contribution in [0.15, 0.2) is 36.8 Å². The first-order valence-electron chi connectivity index (χ1n) is 9.38. The molecule has 0 aromatic carbocycles. The van der Waals surface area contributed by atoms with E-state index in [1.807, 2.05) is 30.1 Å². The molecule has 1 spiro atoms. The van der Waals surface area contributed by atoms with Crippen LogP contribution in [0.5, 0.6) is 5.88 Å². The van der Waals surface area contributed by atoms with Crippen molar-refractivity contribution in [1.29, 1.82) is 0 Å². The maximum atomic E-state index is 12.5. The smallest absolute Gasteiger partial charge is 0.475 e. The number of halogens is 3. The lowest BCUT2D eigenvalue weighted by molar-refractivity contribution is -0.192. The molecule has 12 heteroatoms. The summed E-state index contributed by atoms with van der Waals surface area (Å²) < 4.78 is 45.3. The molecule has 2 aromatic heterocycles. The maximum absolute atomic E-state index is 12.5. The Bertz CT molecular complexity index is 921. The molecule has 9 nitrogen and oxygen atoms in total. The summed E-state index contributed by atoms with van der Waals surface area (Å²) >= 11 is 0. The topological polar surface area (TPSA) is 107 Å². The highest BCUT2D eigenvalue weighted by atomic mass is 19.4. The molecule has 0 bridgehead atoms. The zero-order chi connectivity index (χ0) is 22.6. The lowest BCUT2D eigenvalue weighted by Gasteiger charge is -2.23. The number of aromatic nitrogens is 3.